The zero-order valence-corrected chi connectivity index (χ0v) is 15.5. The molecule has 0 bridgehead atoms. The van der Waals surface area contributed by atoms with Crippen molar-refractivity contribution in [1.29, 1.82) is 0 Å². The van der Waals surface area contributed by atoms with Crippen molar-refractivity contribution in [3.8, 4) is 0 Å². The number of aryl methyl sites for hydroxylation is 1. The minimum atomic E-state index is -3.50. The molecule has 0 radical (unpaired) electrons. The standard InChI is InChI=1S/C17H23N3O2S2/c1-14-7-3-4-8-16(14)24(21,22)18-11-17-19-15(13-23-17)12-20-9-5-2-6-10-20/h3-4,7-8,13,18H,2,5-6,9-12H2,1H3. The minimum absolute atomic E-state index is 0.237. The van der Waals surface area contributed by atoms with Crippen molar-refractivity contribution in [1.82, 2.24) is 14.6 Å². The van der Waals surface area contributed by atoms with Gasteiger partial charge in [0.2, 0.25) is 10.0 Å². The van der Waals surface area contributed by atoms with Gasteiger partial charge in [0.25, 0.3) is 0 Å². The van der Waals surface area contributed by atoms with Gasteiger partial charge in [0.1, 0.15) is 5.01 Å². The van der Waals surface area contributed by atoms with Gasteiger partial charge >= 0.3 is 0 Å². The van der Waals surface area contributed by atoms with E-state index in [0.717, 1.165) is 35.9 Å². The van der Waals surface area contributed by atoms with E-state index in [9.17, 15) is 8.42 Å². The summed E-state index contributed by atoms with van der Waals surface area (Å²) in [7, 11) is -3.50. The lowest BCUT2D eigenvalue weighted by molar-refractivity contribution is 0.219. The molecule has 5 nitrogen and oxygen atoms in total. The highest BCUT2D eigenvalue weighted by Crippen LogP contribution is 2.17. The molecule has 7 heteroatoms. The Morgan fingerprint density at radius 3 is 2.71 bits per heavy atom. The van der Waals surface area contributed by atoms with E-state index in [1.807, 2.05) is 11.4 Å². The second-order valence-corrected chi connectivity index (χ2v) is 8.84. The van der Waals surface area contributed by atoms with Crippen molar-refractivity contribution in [2.24, 2.45) is 0 Å². The molecule has 1 aromatic heterocycles. The van der Waals surface area contributed by atoms with Crippen LogP contribution in [0.5, 0.6) is 0 Å². The molecule has 1 N–H and O–H groups in total. The van der Waals surface area contributed by atoms with Crippen LogP contribution in [0.2, 0.25) is 0 Å². The Morgan fingerprint density at radius 1 is 1.21 bits per heavy atom. The smallest absolute Gasteiger partial charge is 0.241 e. The fraction of sp³-hybridized carbons (Fsp3) is 0.471. The molecule has 0 amide bonds. The number of rotatable bonds is 6. The molecule has 0 saturated carbocycles. The number of aromatic nitrogens is 1. The number of piperidine rings is 1. The molecule has 3 rings (SSSR count). The van der Waals surface area contributed by atoms with Crippen LogP contribution in [-0.2, 0) is 23.1 Å². The first kappa shape index (κ1) is 17.5. The zero-order chi connectivity index (χ0) is 17.0. The summed E-state index contributed by atoms with van der Waals surface area (Å²) in [6.45, 7) is 5.16. The van der Waals surface area contributed by atoms with Crippen molar-refractivity contribution < 1.29 is 8.42 Å². The van der Waals surface area contributed by atoms with E-state index >= 15 is 0 Å². The van der Waals surface area contributed by atoms with E-state index in [-0.39, 0.29) is 6.54 Å². The van der Waals surface area contributed by atoms with E-state index in [1.165, 1.54) is 30.6 Å². The van der Waals surface area contributed by atoms with Gasteiger partial charge in [-0.25, -0.2) is 18.1 Å². The summed E-state index contributed by atoms with van der Waals surface area (Å²) in [5.41, 5.74) is 1.78. The topological polar surface area (TPSA) is 62.3 Å². The van der Waals surface area contributed by atoms with Gasteiger partial charge in [0, 0.05) is 11.9 Å². The SMILES string of the molecule is Cc1ccccc1S(=O)(=O)NCc1nc(CN2CCCCC2)cs1. The minimum Gasteiger partial charge on any atom is -0.297 e. The van der Waals surface area contributed by atoms with E-state index in [2.05, 4.69) is 14.6 Å². The zero-order valence-electron chi connectivity index (χ0n) is 13.9. The maximum absolute atomic E-state index is 12.4. The second-order valence-electron chi connectivity index (χ2n) is 6.16. The molecule has 2 aromatic rings. The predicted octanol–water partition coefficient (Wildman–Crippen LogP) is 2.92. The van der Waals surface area contributed by atoms with Gasteiger partial charge in [-0.2, -0.15) is 0 Å². The van der Waals surface area contributed by atoms with Crippen LogP contribution in [0.3, 0.4) is 0 Å². The third kappa shape index (κ3) is 4.42. The second kappa shape index (κ2) is 7.74. The predicted molar refractivity (Wildman–Crippen MR) is 96.4 cm³/mol. The Bertz CT molecular complexity index is 781. The van der Waals surface area contributed by atoms with Crippen molar-refractivity contribution in [2.75, 3.05) is 13.1 Å². The van der Waals surface area contributed by atoms with Crippen LogP contribution in [-0.4, -0.2) is 31.4 Å². The first-order chi connectivity index (χ1) is 11.5. The van der Waals surface area contributed by atoms with Crippen molar-refractivity contribution in [3.05, 3.63) is 45.9 Å². The molecule has 1 fully saturated rings. The van der Waals surface area contributed by atoms with E-state index < -0.39 is 10.0 Å². The van der Waals surface area contributed by atoms with Crippen molar-refractivity contribution in [3.63, 3.8) is 0 Å². The Kier molecular flexibility index (Phi) is 5.65. The van der Waals surface area contributed by atoms with Crippen molar-refractivity contribution in [2.45, 2.75) is 44.2 Å². The fourth-order valence-electron chi connectivity index (χ4n) is 2.94. The Morgan fingerprint density at radius 2 is 1.96 bits per heavy atom. The quantitative estimate of drug-likeness (QED) is 0.855. The average molecular weight is 366 g/mol. The van der Waals surface area contributed by atoms with Gasteiger partial charge in [-0.3, -0.25) is 4.90 Å². The third-order valence-corrected chi connectivity index (χ3v) is 6.69. The largest absolute Gasteiger partial charge is 0.297 e. The van der Waals surface area contributed by atoms with Crippen LogP contribution in [0.1, 0.15) is 35.5 Å². The van der Waals surface area contributed by atoms with Crippen molar-refractivity contribution >= 4 is 21.4 Å². The number of hydrogen-bond acceptors (Lipinski definition) is 5. The number of thiazole rings is 1. The van der Waals surface area contributed by atoms with Gasteiger partial charge in [0.15, 0.2) is 0 Å². The molecule has 0 atom stereocenters. The van der Waals surface area contributed by atoms with Gasteiger partial charge in [0.05, 0.1) is 17.1 Å². The first-order valence-electron chi connectivity index (χ1n) is 8.25. The lowest BCUT2D eigenvalue weighted by atomic mass is 10.1. The summed E-state index contributed by atoms with van der Waals surface area (Å²) in [4.78, 5) is 7.32. The normalized spacial score (nSPS) is 16.4. The van der Waals surface area contributed by atoms with Gasteiger partial charge in [-0.1, -0.05) is 24.6 Å². The molecule has 1 aliphatic heterocycles. The number of sulfonamides is 1. The average Bonchev–Trinajstić information content (AvgIpc) is 3.02. The summed E-state index contributed by atoms with van der Waals surface area (Å²) in [5, 5.41) is 2.84. The molecular weight excluding hydrogens is 342 g/mol. The molecule has 2 heterocycles. The number of benzene rings is 1. The summed E-state index contributed by atoms with van der Waals surface area (Å²) < 4.78 is 27.5. The van der Waals surface area contributed by atoms with E-state index in [4.69, 9.17) is 0 Å². The summed E-state index contributed by atoms with van der Waals surface area (Å²) in [5.74, 6) is 0. The Hall–Kier alpha value is -1.28. The van der Waals surface area contributed by atoms with Crippen LogP contribution in [0.4, 0.5) is 0 Å². The van der Waals surface area contributed by atoms with Gasteiger partial charge in [-0.05, 0) is 44.5 Å². The molecular formula is C17H23N3O2S2. The molecule has 24 heavy (non-hydrogen) atoms. The highest BCUT2D eigenvalue weighted by molar-refractivity contribution is 7.89. The summed E-state index contributed by atoms with van der Waals surface area (Å²) >= 11 is 1.51. The third-order valence-electron chi connectivity index (χ3n) is 4.23. The molecule has 1 saturated heterocycles. The number of nitrogens with one attached hydrogen (secondary N) is 1. The van der Waals surface area contributed by atoms with Gasteiger partial charge in [-0.15, -0.1) is 11.3 Å². The van der Waals surface area contributed by atoms with Crippen LogP contribution >= 0.6 is 11.3 Å². The molecule has 1 aromatic carbocycles. The van der Waals surface area contributed by atoms with Crippen LogP contribution in [0, 0.1) is 6.92 Å². The lowest BCUT2D eigenvalue weighted by Gasteiger charge is -2.25. The fourth-order valence-corrected chi connectivity index (χ4v) is 4.99. The molecule has 1 aliphatic rings. The Balaban J connectivity index is 1.60. The molecule has 0 unspecified atom stereocenters. The number of hydrogen-bond donors (Lipinski definition) is 1. The maximum Gasteiger partial charge on any atom is 0.241 e. The highest BCUT2D eigenvalue weighted by atomic mass is 32.2. The van der Waals surface area contributed by atoms with E-state index in [0.29, 0.717) is 4.90 Å². The van der Waals surface area contributed by atoms with Crippen LogP contribution in [0.15, 0.2) is 34.5 Å². The Labute approximate surface area is 147 Å². The maximum atomic E-state index is 12.4. The molecule has 0 spiro atoms. The number of nitrogens with zero attached hydrogens (tertiary/aromatic N) is 2. The van der Waals surface area contributed by atoms with Crippen LogP contribution in [0.25, 0.3) is 0 Å². The molecule has 0 aliphatic carbocycles. The lowest BCUT2D eigenvalue weighted by Crippen LogP contribution is -2.29. The number of likely N-dealkylation sites (tertiary alicyclic amines) is 1. The van der Waals surface area contributed by atoms with Crippen LogP contribution < -0.4 is 4.72 Å². The summed E-state index contributed by atoms with van der Waals surface area (Å²) in [6.07, 6.45) is 3.83. The molecule has 130 valence electrons. The highest BCUT2D eigenvalue weighted by Gasteiger charge is 2.17. The monoisotopic (exact) mass is 365 g/mol. The van der Waals surface area contributed by atoms with E-state index in [1.54, 1.807) is 25.1 Å². The first-order valence-corrected chi connectivity index (χ1v) is 10.6. The summed E-state index contributed by atoms with van der Waals surface area (Å²) in [6, 6.07) is 7.00. The van der Waals surface area contributed by atoms with Gasteiger partial charge < -0.3 is 0 Å².